The lowest BCUT2D eigenvalue weighted by atomic mass is 9.99. The fourth-order valence-corrected chi connectivity index (χ4v) is 1.57. The van der Waals surface area contributed by atoms with Crippen LogP contribution in [0.2, 0.25) is 0 Å². The molecule has 1 rings (SSSR count). The van der Waals surface area contributed by atoms with E-state index in [0.717, 1.165) is 5.69 Å². The maximum absolute atomic E-state index is 10.0. The van der Waals surface area contributed by atoms with Gasteiger partial charge in [-0.25, -0.2) is 4.98 Å². The van der Waals surface area contributed by atoms with E-state index in [1.165, 1.54) is 0 Å². The van der Waals surface area contributed by atoms with Crippen LogP contribution in [-0.4, -0.2) is 14.7 Å². The van der Waals surface area contributed by atoms with Gasteiger partial charge in [0.2, 0.25) is 0 Å². The Morgan fingerprint density at radius 1 is 1.60 bits per heavy atom. The van der Waals surface area contributed by atoms with Crippen molar-refractivity contribution in [1.29, 1.82) is 5.26 Å². The zero-order valence-corrected chi connectivity index (χ0v) is 9.38. The van der Waals surface area contributed by atoms with Crippen molar-refractivity contribution in [2.24, 2.45) is 5.92 Å². The van der Waals surface area contributed by atoms with Gasteiger partial charge in [0.1, 0.15) is 6.10 Å². The summed E-state index contributed by atoms with van der Waals surface area (Å²) in [6, 6.07) is 2.36. The molecule has 2 atom stereocenters. The second-order valence-corrected chi connectivity index (χ2v) is 3.91. The Balaban J connectivity index is 2.96. The third-order valence-corrected chi connectivity index (χ3v) is 2.54. The van der Waals surface area contributed by atoms with Crippen molar-refractivity contribution < 1.29 is 5.11 Å². The molecule has 0 saturated carbocycles. The summed E-state index contributed by atoms with van der Waals surface area (Å²) in [6.45, 7) is 5.93. The summed E-state index contributed by atoms with van der Waals surface area (Å²) in [7, 11) is 0. The van der Waals surface area contributed by atoms with E-state index >= 15 is 0 Å². The van der Waals surface area contributed by atoms with Gasteiger partial charge < -0.3 is 9.67 Å². The number of rotatable bonds is 4. The van der Waals surface area contributed by atoms with Crippen LogP contribution in [0.15, 0.2) is 12.5 Å². The van der Waals surface area contributed by atoms with Gasteiger partial charge in [-0.05, 0) is 20.3 Å². The Morgan fingerprint density at radius 3 is 2.73 bits per heavy atom. The topological polar surface area (TPSA) is 61.8 Å². The van der Waals surface area contributed by atoms with Crippen LogP contribution in [0.1, 0.15) is 45.0 Å². The Labute approximate surface area is 90.2 Å². The van der Waals surface area contributed by atoms with Gasteiger partial charge in [-0.3, -0.25) is 0 Å². The van der Waals surface area contributed by atoms with E-state index in [0.29, 0.717) is 6.42 Å². The van der Waals surface area contributed by atoms with Gasteiger partial charge in [0, 0.05) is 6.04 Å². The Hall–Kier alpha value is -1.34. The van der Waals surface area contributed by atoms with Crippen LogP contribution in [0.3, 0.4) is 0 Å². The van der Waals surface area contributed by atoms with Crippen molar-refractivity contribution in [3.8, 4) is 6.07 Å². The molecule has 0 amide bonds. The number of aromatic nitrogens is 2. The molecule has 4 heteroatoms. The second kappa shape index (κ2) is 4.94. The van der Waals surface area contributed by atoms with E-state index in [-0.39, 0.29) is 12.0 Å². The monoisotopic (exact) mass is 207 g/mol. The molecular weight excluding hydrogens is 190 g/mol. The number of nitriles is 1. The molecule has 1 aromatic rings. The maximum atomic E-state index is 10.0. The Bertz CT molecular complexity index is 351. The summed E-state index contributed by atoms with van der Waals surface area (Å²) in [4.78, 5) is 4.01. The van der Waals surface area contributed by atoms with E-state index in [1.807, 2.05) is 25.3 Å². The van der Waals surface area contributed by atoms with Crippen molar-refractivity contribution in [3.63, 3.8) is 0 Å². The number of aliphatic hydroxyl groups excluding tert-OH is 1. The number of hydrogen-bond acceptors (Lipinski definition) is 3. The fraction of sp³-hybridized carbons (Fsp3) is 0.636. The first kappa shape index (κ1) is 11.7. The van der Waals surface area contributed by atoms with Crippen LogP contribution >= 0.6 is 0 Å². The van der Waals surface area contributed by atoms with Gasteiger partial charge in [-0.2, -0.15) is 5.26 Å². The predicted molar refractivity (Wildman–Crippen MR) is 57.0 cm³/mol. The average molecular weight is 207 g/mol. The average Bonchev–Trinajstić information content (AvgIpc) is 2.67. The summed E-state index contributed by atoms with van der Waals surface area (Å²) >= 11 is 0. The highest BCUT2D eigenvalue weighted by Gasteiger charge is 2.22. The minimum Gasteiger partial charge on any atom is -0.385 e. The second-order valence-electron chi connectivity index (χ2n) is 3.91. The third-order valence-electron chi connectivity index (χ3n) is 2.54. The van der Waals surface area contributed by atoms with Crippen LogP contribution in [0.5, 0.6) is 0 Å². The van der Waals surface area contributed by atoms with E-state index in [9.17, 15) is 5.11 Å². The van der Waals surface area contributed by atoms with Gasteiger partial charge >= 0.3 is 0 Å². The minimum absolute atomic E-state index is 0.244. The van der Waals surface area contributed by atoms with Crippen molar-refractivity contribution in [2.75, 3.05) is 0 Å². The zero-order valence-electron chi connectivity index (χ0n) is 9.38. The number of nitrogens with zero attached hydrogens (tertiary/aromatic N) is 3. The summed E-state index contributed by atoms with van der Waals surface area (Å²) in [5.41, 5.74) is 0.721. The molecule has 0 bridgehead atoms. The van der Waals surface area contributed by atoms with Crippen LogP contribution in [0.25, 0.3) is 0 Å². The van der Waals surface area contributed by atoms with Gasteiger partial charge in [-0.15, -0.1) is 0 Å². The smallest absolute Gasteiger partial charge is 0.111 e. The lowest BCUT2D eigenvalue weighted by molar-refractivity contribution is 0.123. The standard InChI is InChI=1S/C11H17N3O/c1-4-9(5-12)11(15)10-6-13-7-14(10)8(2)3/h6-9,11,15H,4H2,1-3H3. The van der Waals surface area contributed by atoms with E-state index in [1.54, 1.807) is 12.5 Å². The first-order valence-electron chi connectivity index (χ1n) is 5.21. The molecule has 0 aliphatic rings. The van der Waals surface area contributed by atoms with E-state index in [2.05, 4.69) is 11.1 Å². The summed E-state index contributed by atoms with van der Waals surface area (Å²) in [5.74, 6) is -0.362. The fourth-order valence-electron chi connectivity index (χ4n) is 1.57. The van der Waals surface area contributed by atoms with Crippen molar-refractivity contribution >= 4 is 0 Å². The first-order chi connectivity index (χ1) is 7.11. The third kappa shape index (κ3) is 2.37. The highest BCUT2D eigenvalue weighted by molar-refractivity contribution is 5.08. The van der Waals surface area contributed by atoms with Crippen molar-refractivity contribution in [2.45, 2.75) is 39.3 Å². The molecule has 1 aromatic heterocycles. The molecule has 0 spiro atoms. The van der Waals surface area contributed by atoms with Crippen LogP contribution in [-0.2, 0) is 0 Å². The molecule has 0 fully saturated rings. The van der Waals surface area contributed by atoms with E-state index in [4.69, 9.17) is 5.26 Å². The highest BCUT2D eigenvalue weighted by Crippen LogP contribution is 2.25. The molecule has 1 N–H and O–H groups in total. The Kier molecular flexibility index (Phi) is 3.87. The van der Waals surface area contributed by atoms with E-state index < -0.39 is 6.10 Å². The van der Waals surface area contributed by atoms with Gasteiger partial charge in [0.05, 0.1) is 30.2 Å². The van der Waals surface area contributed by atoms with Crippen molar-refractivity contribution in [3.05, 3.63) is 18.2 Å². The number of imidazole rings is 1. The molecule has 2 unspecified atom stereocenters. The first-order valence-corrected chi connectivity index (χ1v) is 5.21. The largest absolute Gasteiger partial charge is 0.385 e. The lowest BCUT2D eigenvalue weighted by Gasteiger charge is -2.19. The summed E-state index contributed by atoms with van der Waals surface area (Å²) in [5, 5.41) is 18.9. The minimum atomic E-state index is -0.745. The van der Waals surface area contributed by atoms with Crippen molar-refractivity contribution in [1.82, 2.24) is 9.55 Å². The molecule has 0 aliphatic heterocycles. The molecule has 0 aromatic carbocycles. The summed E-state index contributed by atoms with van der Waals surface area (Å²) in [6.07, 6.45) is 3.21. The molecule has 15 heavy (non-hydrogen) atoms. The molecule has 1 heterocycles. The van der Waals surface area contributed by atoms with Gasteiger partial charge in [0.25, 0.3) is 0 Å². The highest BCUT2D eigenvalue weighted by atomic mass is 16.3. The molecular formula is C11H17N3O. The Morgan fingerprint density at radius 2 is 2.27 bits per heavy atom. The lowest BCUT2D eigenvalue weighted by Crippen LogP contribution is -2.15. The van der Waals surface area contributed by atoms with Gasteiger partial charge in [0.15, 0.2) is 0 Å². The molecule has 0 aliphatic carbocycles. The molecule has 82 valence electrons. The predicted octanol–water partition coefficient (Wildman–Crippen LogP) is 2.05. The quantitative estimate of drug-likeness (QED) is 0.821. The molecule has 4 nitrogen and oxygen atoms in total. The van der Waals surface area contributed by atoms with Crippen LogP contribution < -0.4 is 0 Å². The normalized spacial score (nSPS) is 14.9. The molecule has 0 radical (unpaired) electrons. The number of aliphatic hydroxyl groups is 1. The SMILES string of the molecule is CCC(C#N)C(O)c1cncn1C(C)C. The van der Waals surface area contributed by atoms with Crippen LogP contribution in [0.4, 0.5) is 0 Å². The summed E-state index contributed by atoms with van der Waals surface area (Å²) < 4.78 is 1.89. The maximum Gasteiger partial charge on any atom is 0.111 e. The van der Waals surface area contributed by atoms with Gasteiger partial charge in [-0.1, -0.05) is 6.92 Å². The number of hydrogen-bond donors (Lipinski definition) is 1. The van der Waals surface area contributed by atoms with Crippen LogP contribution in [0, 0.1) is 17.2 Å². The molecule has 0 saturated heterocycles. The zero-order chi connectivity index (χ0) is 11.4.